The summed E-state index contributed by atoms with van der Waals surface area (Å²) in [5.41, 5.74) is 0.639. The molecule has 0 radical (unpaired) electrons. The predicted octanol–water partition coefficient (Wildman–Crippen LogP) is 2.22. The Labute approximate surface area is 102 Å². The van der Waals surface area contributed by atoms with E-state index in [4.69, 9.17) is 16.6 Å². The Morgan fingerprint density at radius 2 is 1.72 bits per heavy atom. The van der Waals surface area contributed by atoms with Gasteiger partial charge in [0.2, 0.25) is 0 Å². The third-order valence-corrected chi connectivity index (χ3v) is 2.65. The van der Waals surface area contributed by atoms with Crippen LogP contribution in [0.25, 0.3) is 10.8 Å². The van der Waals surface area contributed by atoms with Crippen molar-refractivity contribution < 1.29 is 19.8 Å². The quantitative estimate of drug-likeness (QED) is 0.789. The summed E-state index contributed by atoms with van der Waals surface area (Å²) in [7, 11) is 0. The number of carbonyl (C=O) groups is 2. The summed E-state index contributed by atoms with van der Waals surface area (Å²) in [6.45, 7) is 0. The highest BCUT2D eigenvalue weighted by molar-refractivity contribution is 6.07. The molecule has 0 aliphatic rings. The van der Waals surface area contributed by atoms with Crippen LogP contribution in [0.1, 0.15) is 26.3 Å². The summed E-state index contributed by atoms with van der Waals surface area (Å²) in [6, 6.07) is 7.12. The van der Waals surface area contributed by atoms with Crippen molar-refractivity contribution in [1.29, 1.82) is 0 Å². The largest absolute Gasteiger partial charge is 0.478 e. The van der Waals surface area contributed by atoms with E-state index < -0.39 is 11.9 Å². The highest BCUT2D eigenvalue weighted by atomic mass is 16.4. The average molecular weight is 240 g/mol. The molecule has 0 spiro atoms. The molecule has 2 aromatic carbocycles. The fourth-order valence-electron chi connectivity index (χ4n) is 1.79. The molecule has 18 heavy (non-hydrogen) atoms. The monoisotopic (exact) mass is 240 g/mol. The second-order valence-electron chi connectivity index (χ2n) is 3.68. The van der Waals surface area contributed by atoms with Crippen LogP contribution in [0.4, 0.5) is 0 Å². The van der Waals surface area contributed by atoms with Crippen LogP contribution in [-0.2, 0) is 0 Å². The number of aromatic carboxylic acids is 2. The molecule has 0 aliphatic carbocycles. The SMILES string of the molecule is C#Cc1ccc(C(=O)O)c2ccc(C(=O)O)cc12. The molecule has 0 aliphatic heterocycles. The minimum Gasteiger partial charge on any atom is -0.478 e. The lowest BCUT2D eigenvalue weighted by Crippen LogP contribution is -2.01. The molecule has 0 bridgehead atoms. The molecule has 0 saturated heterocycles. The average Bonchev–Trinajstić information content (AvgIpc) is 2.36. The van der Waals surface area contributed by atoms with Crippen LogP contribution in [0.5, 0.6) is 0 Å². The number of carboxylic acids is 2. The van der Waals surface area contributed by atoms with Gasteiger partial charge in [-0.15, -0.1) is 6.42 Å². The Morgan fingerprint density at radius 3 is 2.28 bits per heavy atom. The van der Waals surface area contributed by atoms with Crippen LogP contribution in [0.3, 0.4) is 0 Å². The molecule has 2 rings (SSSR count). The fraction of sp³-hybridized carbons (Fsp3) is 0. The molecule has 88 valence electrons. The Morgan fingerprint density at radius 1 is 1.00 bits per heavy atom. The lowest BCUT2D eigenvalue weighted by atomic mass is 9.98. The van der Waals surface area contributed by atoms with Crippen molar-refractivity contribution in [3.63, 3.8) is 0 Å². The van der Waals surface area contributed by atoms with E-state index >= 15 is 0 Å². The van der Waals surface area contributed by atoms with Gasteiger partial charge >= 0.3 is 11.9 Å². The molecule has 0 heterocycles. The van der Waals surface area contributed by atoms with Crippen molar-refractivity contribution >= 4 is 22.7 Å². The number of hydrogen-bond acceptors (Lipinski definition) is 2. The first kappa shape index (κ1) is 11.7. The summed E-state index contributed by atoms with van der Waals surface area (Å²) in [5.74, 6) is 0.256. The lowest BCUT2D eigenvalue weighted by Gasteiger charge is -2.06. The number of rotatable bonds is 2. The molecule has 0 fully saturated rings. The van der Waals surface area contributed by atoms with E-state index in [-0.39, 0.29) is 11.1 Å². The van der Waals surface area contributed by atoms with E-state index in [9.17, 15) is 9.59 Å². The van der Waals surface area contributed by atoms with Crippen LogP contribution in [0.2, 0.25) is 0 Å². The molecule has 0 saturated carbocycles. The van der Waals surface area contributed by atoms with Gasteiger partial charge in [-0.1, -0.05) is 12.0 Å². The van der Waals surface area contributed by atoms with Crippen molar-refractivity contribution in [3.05, 3.63) is 47.0 Å². The molecule has 0 aromatic heterocycles. The Hall–Kier alpha value is -2.80. The zero-order valence-electron chi connectivity index (χ0n) is 9.18. The molecule has 0 amide bonds. The number of fused-ring (bicyclic) bond motifs is 1. The van der Waals surface area contributed by atoms with Crippen LogP contribution in [-0.4, -0.2) is 22.2 Å². The predicted molar refractivity (Wildman–Crippen MR) is 65.8 cm³/mol. The second kappa shape index (κ2) is 4.22. The Bertz CT molecular complexity index is 708. The molecular formula is C14H8O4. The van der Waals surface area contributed by atoms with E-state index in [1.54, 1.807) is 0 Å². The molecule has 4 heteroatoms. The van der Waals surface area contributed by atoms with E-state index in [1.165, 1.54) is 30.3 Å². The maximum absolute atomic E-state index is 11.1. The minimum atomic E-state index is -1.08. The number of terminal acetylenes is 1. The highest BCUT2D eigenvalue weighted by Crippen LogP contribution is 2.24. The van der Waals surface area contributed by atoms with Gasteiger partial charge in [-0.05, 0) is 35.0 Å². The zero-order valence-corrected chi connectivity index (χ0v) is 9.18. The van der Waals surface area contributed by atoms with Crippen LogP contribution >= 0.6 is 0 Å². The highest BCUT2D eigenvalue weighted by Gasteiger charge is 2.12. The standard InChI is InChI=1S/C14H8O4/c1-2-8-3-6-11(14(17)18)10-5-4-9(13(15)16)7-12(8)10/h1,3-7H,(H,15,16)(H,17,18). The Balaban J connectivity index is 2.88. The van der Waals surface area contributed by atoms with Crippen LogP contribution in [0, 0.1) is 12.3 Å². The van der Waals surface area contributed by atoms with Gasteiger partial charge in [-0.2, -0.15) is 0 Å². The molecule has 0 unspecified atom stereocenters. The molecule has 0 atom stereocenters. The number of benzene rings is 2. The third kappa shape index (κ3) is 1.78. The van der Waals surface area contributed by atoms with Gasteiger partial charge < -0.3 is 10.2 Å². The van der Waals surface area contributed by atoms with Crippen LogP contribution in [0.15, 0.2) is 30.3 Å². The summed E-state index contributed by atoms with van der Waals surface area (Å²) in [5, 5.41) is 18.9. The molecule has 2 aromatic rings. The van der Waals surface area contributed by atoms with E-state index in [0.717, 1.165) is 0 Å². The van der Waals surface area contributed by atoms with Crippen molar-refractivity contribution in [1.82, 2.24) is 0 Å². The first-order valence-corrected chi connectivity index (χ1v) is 5.04. The number of carboxylic acid groups (broad SMARTS) is 2. The topological polar surface area (TPSA) is 74.6 Å². The van der Waals surface area contributed by atoms with Crippen molar-refractivity contribution in [3.8, 4) is 12.3 Å². The summed E-state index contributed by atoms with van der Waals surface area (Å²) >= 11 is 0. The summed E-state index contributed by atoms with van der Waals surface area (Å²) in [6.07, 6.45) is 5.32. The second-order valence-corrected chi connectivity index (χ2v) is 3.68. The van der Waals surface area contributed by atoms with E-state index in [2.05, 4.69) is 5.92 Å². The van der Waals surface area contributed by atoms with Crippen molar-refractivity contribution in [2.45, 2.75) is 0 Å². The molecule has 4 nitrogen and oxygen atoms in total. The van der Waals surface area contributed by atoms with Gasteiger partial charge in [0.05, 0.1) is 11.1 Å². The maximum atomic E-state index is 11.1. The summed E-state index contributed by atoms with van der Waals surface area (Å²) < 4.78 is 0. The minimum absolute atomic E-state index is 0.0709. The molecular weight excluding hydrogens is 232 g/mol. The van der Waals surface area contributed by atoms with Crippen LogP contribution < -0.4 is 0 Å². The smallest absolute Gasteiger partial charge is 0.336 e. The zero-order chi connectivity index (χ0) is 13.3. The van der Waals surface area contributed by atoms with Gasteiger partial charge in [-0.25, -0.2) is 9.59 Å². The Kier molecular flexibility index (Phi) is 2.74. The van der Waals surface area contributed by atoms with Gasteiger partial charge in [0.25, 0.3) is 0 Å². The van der Waals surface area contributed by atoms with E-state index in [1.807, 2.05) is 0 Å². The van der Waals surface area contributed by atoms with Gasteiger partial charge in [-0.3, -0.25) is 0 Å². The van der Waals surface area contributed by atoms with Gasteiger partial charge in [0, 0.05) is 5.56 Å². The van der Waals surface area contributed by atoms with Crippen molar-refractivity contribution in [2.75, 3.05) is 0 Å². The fourth-order valence-corrected chi connectivity index (χ4v) is 1.79. The van der Waals surface area contributed by atoms with Crippen molar-refractivity contribution in [2.24, 2.45) is 0 Å². The third-order valence-electron chi connectivity index (χ3n) is 2.65. The normalized spacial score (nSPS) is 9.94. The van der Waals surface area contributed by atoms with Gasteiger partial charge in [0.1, 0.15) is 0 Å². The number of hydrogen-bond donors (Lipinski definition) is 2. The lowest BCUT2D eigenvalue weighted by molar-refractivity contribution is 0.0688. The first-order valence-electron chi connectivity index (χ1n) is 5.04. The molecule has 2 N–H and O–H groups in total. The van der Waals surface area contributed by atoms with E-state index in [0.29, 0.717) is 16.3 Å². The maximum Gasteiger partial charge on any atom is 0.336 e. The van der Waals surface area contributed by atoms with Gasteiger partial charge in [0.15, 0.2) is 0 Å². The first-order chi connectivity index (χ1) is 8.54. The summed E-state index contributed by atoms with van der Waals surface area (Å²) in [4.78, 5) is 22.0.